The normalized spacial score (nSPS) is 14.6. The summed E-state index contributed by atoms with van der Waals surface area (Å²) >= 11 is 5.10. The van der Waals surface area contributed by atoms with Crippen LogP contribution in [0.15, 0.2) is 40.2 Å². The molecular weight excluding hydrogens is 301 g/mol. The predicted molar refractivity (Wildman–Crippen MR) is 73.7 cm³/mol. The zero-order valence-electron chi connectivity index (χ0n) is 9.41. The predicted octanol–water partition coefficient (Wildman–Crippen LogP) is 4.07. The lowest BCUT2D eigenvalue weighted by Crippen LogP contribution is -2.36. The van der Waals surface area contributed by atoms with Crippen LogP contribution < -0.4 is 5.73 Å². The lowest BCUT2D eigenvalue weighted by atomic mass is 9.89. The number of benzene rings is 1. The third kappa shape index (κ3) is 2.76. The summed E-state index contributed by atoms with van der Waals surface area (Å²) < 4.78 is 14.8. The van der Waals surface area contributed by atoms with Crippen LogP contribution in [0.3, 0.4) is 0 Å². The van der Waals surface area contributed by atoms with Crippen LogP contribution in [-0.4, -0.2) is 0 Å². The zero-order chi connectivity index (χ0) is 12.5. The average molecular weight is 314 g/mol. The van der Waals surface area contributed by atoms with E-state index < -0.39 is 5.54 Å². The molecule has 1 unspecified atom stereocenters. The van der Waals surface area contributed by atoms with Crippen LogP contribution in [0.5, 0.6) is 0 Å². The Morgan fingerprint density at radius 1 is 1.35 bits per heavy atom. The van der Waals surface area contributed by atoms with Gasteiger partial charge in [-0.1, -0.05) is 18.2 Å². The number of hydrogen-bond acceptors (Lipinski definition) is 2. The molecule has 17 heavy (non-hydrogen) atoms. The number of halogens is 2. The summed E-state index contributed by atoms with van der Waals surface area (Å²) in [6, 6.07) is 8.67. The molecule has 1 heterocycles. The van der Waals surface area contributed by atoms with Gasteiger partial charge in [0.05, 0.1) is 0 Å². The highest BCUT2D eigenvalue weighted by atomic mass is 79.9. The van der Waals surface area contributed by atoms with Gasteiger partial charge in [-0.25, -0.2) is 4.39 Å². The summed E-state index contributed by atoms with van der Waals surface area (Å²) in [5, 5.41) is 2.00. The molecule has 4 heteroatoms. The summed E-state index contributed by atoms with van der Waals surface area (Å²) in [5.74, 6) is -0.245. The largest absolute Gasteiger partial charge is 0.321 e. The van der Waals surface area contributed by atoms with Gasteiger partial charge in [-0.15, -0.1) is 11.3 Å². The number of nitrogens with two attached hydrogens (primary N) is 1. The quantitative estimate of drug-likeness (QED) is 0.908. The standard InChI is InChI=1S/C13H13BrFNS/c1-13(16,8-12-10(14)6-7-17-12)9-4-2-3-5-11(9)15/h2-7H,8,16H2,1H3. The van der Waals surface area contributed by atoms with Crippen LogP contribution >= 0.6 is 27.3 Å². The Kier molecular flexibility index (Phi) is 3.66. The van der Waals surface area contributed by atoms with Crippen molar-refractivity contribution in [2.45, 2.75) is 18.9 Å². The van der Waals surface area contributed by atoms with Gasteiger partial charge in [0.15, 0.2) is 0 Å². The van der Waals surface area contributed by atoms with Crippen LogP contribution in [0.2, 0.25) is 0 Å². The van der Waals surface area contributed by atoms with E-state index in [0.29, 0.717) is 12.0 Å². The number of thiophene rings is 1. The van der Waals surface area contributed by atoms with E-state index in [2.05, 4.69) is 15.9 Å². The molecule has 90 valence electrons. The van der Waals surface area contributed by atoms with Crippen molar-refractivity contribution in [3.05, 3.63) is 56.4 Å². The van der Waals surface area contributed by atoms with Crippen molar-refractivity contribution >= 4 is 27.3 Å². The molecule has 0 saturated carbocycles. The first-order valence-corrected chi connectivity index (χ1v) is 6.94. The van der Waals surface area contributed by atoms with Crippen molar-refractivity contribution in [1.29, 1.82) is 0 Å². The van der Waals surface area contributed by atoms with E-state index in [4.69, 9.17) is 5.73 Å². The maximum absolute atomic E-state index is 13.7. The van der Waals surface area contributed by atoms with E-state index in [1.807, 2.05) is 24.4 Å². The van der Waals surface area contributed by atoms with E-state index in [-0.39, 0.29) is 5.82 Å². The molecule has 0 aliphatic carbocycles. The first-order chi connectivity index (χ1) is 8.00. The Balaban J connectivity index is 2.31. The molecule has 2 aromatic rings. The summed E-state index contributed by atoms with van der Waals surface area (Å²) in [6.45, 7) is 1.86. The van der Waals surface area contributed by atoms with Gasteiger partial charge in [0.2, 0.25) is 0 Å². The summed E-state index contributed by atoms with van der Waals surface area (Å²) in [7, 11) is 0. The Morgan fingerprint density at radius 2 is 2.06 bits per heavy atom. The Labute approximate surface area is 113 Å². The van der Waals surface area contributed by atoms with Crippen molar-refractivity contribution in [1.82, 2.24) is 0 Å². The summed E-state index contributed by atoms with van der Waals surface area (Å²) in [4.78, 5) is 1.14. The molecule has 0 amide bonds. The van der Waals surface area contributed by atoms with E-state index in [9.17, 15) is 4.39 Å². The Hall–Kier alpha value is -0.710. The second-order valence-electron chi connectivity index (χ2n) is 4.27. The van der Waals surface area contributed by atoms with Crippen molar-refractivity contribution in [2.24, 2.45) is 5.73 Å². The highest BCUT2D eigenvalue weighted by Crippen LogP contribution is 2.31. The van der Waals surface area contributed by atoms with Crippen LogP contribution in [0, 0.1) is 5.82 Å². The van der Waals surface area contributed by atoms with Gasteiger partial charge in [-0.05, 0) is 40.4 Å². The molecule has 0 aliphatic heterocycles. The van der Waals surface area contributed by atoms with Crippen LogP contribution in [-0.2, 0) is 12.0 Å². The Bertz CT molecular complexity index is 522. The first kappa shape index (κ1) is 12.7. The molecule has 0 spiro atoms. The van der Waals surface area contributed by atoms with Crippen molar-refractivity contribution in [3.63, 3.8) is 0 Å². The van der Waals surface area contributed by atoms with E-state index in [0.717, 1.165) is 9.35 Å². The topological polar surface area (TPSA) is 26.0 Å². The highest BCUT2D eigenvalue weighted by molar-refractivity contribution is 9.10. The molecule has 0 aliphatic rings. The van der Waals surface area contributed by atoms with Crippen LogP contribution in [0.25, 0.3) is 0 Å². The van der Waals surface area contributed by atoms with Gasteiger partial charge < -0.3 is 5.73 Å². The fourth-order valence-corrected chi connectivity index (χ4v) is 3.46. The second kappa shape index (κ2) is 4.88. The fourth-order valence-electron chi connectivity index (χ4n) is 1.80. The average Bonchev–Trinajstić information content (AvgIpc) is 2.64. The lowest BCUT2D eigenvalue weighted by Gasteiger charge is -2.25. The lowest BCUT2D eigenvalue weighted by molar-refractivity contribution is 0.460. The molecule has 0 radical (unpaired) electrons. The third-order valence-corrected chi connectivity index (χ3v) is 4.63. The molecule has 0 bridgehead atoms. The third-order valence-electron chi connectivity index (χ3n) is 2.71. The van der Waals surface area contributed by atoms with Crippen molar-refractivity contribution in [2.75, 3.05) is 0 Å². The molecule has 1 aromatic carbocycles. The summed E-state index contributed by atoms with van der Waals surface area (Å²) in [6.07, 6.45) is 0.617. The number of hydrogen-bond donors (Lipinski definition) is 1. The van der Waals surface area contributed by atoms with E-state index in [1.165, 1.54) is 6.07 Å². The monoisotopic (exact) mass is 313 g/mol. The molecule has 2 N–H and O–H groups in total. The minimum absolute atomic E-state index is 0.245. The van der Waals surface area contributed by atoms with Gasteiger partial charge >= 0.3 is 0 Å². The van der Waals surface area contributed by atoms with Crippen LogP contribution in [0.1, 0.15) is 17.4 Å². The van der Waals surface area contributed by atoms with E-state index >= 15 is 0 Å². The van der Waals surface area contributed by atoms with Crippen molar-refractivity contribution in [3.8, 4) is 0 Å². The minimum atomic E-state index is -0.696. The molecular formula is C13H13BrFNS. The smallest absolute Gasteiger partial charge is 0.128 e. The van der Waals surface area contributed by atoms with Gasteiger partial charge in [0.1, 0.15) is 5.82 Å². The van der Waals surface area contributed by atoms with Gasteiger partial charge in [-0.2, -0.15) is 0 Å². The zero-order valence-corrected chi connectivity index (χ0v) is 11.8. The van der Waals surface area contributed by atoms with E-state index in [1.54, 1.807) is 23.5 Å². The summed E-state index contributed by atoms with van der Waals surface area (Å²) in [5.41, 5.74) is 6.10. The molecule has 2 rings (SSSR count). The molecule has 1 aromatic heterocycles. The first-order valence-electron chi connectivity index (χ1n) is 5.26. The molecule has 0 fully saturated rings. The SMILES string of the molecule is CC(N)(Cc1sccc1Br)c1ccccc1F. The van der Waals surface area contributed by atoms with Gasteiger partial charge in [0, 0.05) is 26.9 Å². The fraction of sp³-hybridized carbons (Fsp3) is 0.231. The maximum Gasteiger partial charge on any atom is 0.128 e. The van der Waals surface area contributed by atoms with Crippen LogP contribution in [0.4, 0.5) is 4.39 Å². The Morgan fingerprint density at radius 3 is 2.65 bits per heavy atom. The molecule has 1 atom stereocenters. The van der Waals surface area contributed by atoms with Crippen molar-refractivity contribution < 1.29 is 4.39 Å². The minimum Gasteiger partial charge on any atom is -0.321 e. The highest BCUT2D eigenvalue weighted by Gasteiger charge is 2.26. The molecule has 1 nitrogen and oxygen atoms in total. The second-order valence-corrected chi connectivity index (χ2v) is 6.12. The van der Waals surface area contributed by atoms with Gasteiger partial charge in [-0.3, -0.25) is 0 Å². The number of rotatable bonds is 3. The molecule has 0 saturated heterocycles. The van der Waals surface area contributed by atoms with Gasteiger partial charge in [0.25, 0.3) is 0 Å². The maximum atomic E-state index is 13.7.